The molecular weight excluding hydrogens is 505 g/mol. The zero-order chi connectivity index (χ0) is 27.2. The van der Waals surface area contributed by atoms with E-state index in [9.17, 15) is 10.1 Å². The van der Waals surface area contributed by atoms with Crippen LogP contribution in [0.5, 0.6) is 0 Å². The lowest BCUT2D eigenvalue weighted by molar-refractivity contribution is -0.384. The summed E-state index contributed by atoms with van der Waals surface area (Å²) in [6.45, 7) is 4.50. The molecule has 2 aliphatic heterocycles. The Morgan fingerprint density at radius 2 is 1.46 bits per heavy atom. The minimum Gasteiger partial charge on any atom is -0.346 e. The molecule has 0 aliphatic carbocycles. The van der Waals surface area contributed by atoms with Gasteiger partial charge in [0.15, 0.2) is 0 Å². The van der Waals surface area contributed by atoms with E-state index in [-0.39, 0.29) is 16.0 Å². The van der Waals surface area contributed by atoms with Crippen molar-refractivity contribution in [2.45, 2.75) is 19.3 Å². The molecule has 2 aliphatic rings. The predicted molar refractivity (Wildman–Crippen MR) is 160 cm³/mol. The molecule has 6 rings (SSSR count). The van der Waals surface area contributed by atoms with Gasteiger partial charge in [-0.15, -0.1) is 0 Å². The van der Waals surface area contributed by atoms with Crippen molar-refractivity contribution in [1.29, 1.82) is 0 Å². The highest BCUT2D eigenvalue weighted by Crippen LogP contribution is 2.67. The number of nitrogens with zero attached hydrogens (tertiary/aromatic N) is 5. The number of benzene rings is 4. The van der Waals surface area contributed by atoms with Crippen molar-refractivity contribution >= 4 is 41.5 Å². The van der Waals surface area contributed by atoms with Gasteiger partial charge < -0.3 is 4.90 Å². The summed E-state index contributed by atoms with van der Waals surface area (Å²) in [5.41, 5.74) is 4.90. The number of hydrazone groups is 1. The summed E-state index contributed by atoms with van der Waals surface area (Å²) in [5.74, 6) is 0. The molecule has 39 heavy (non-hydrogen) atoms. The highest BCUT2D eigenvalue weighted by Gasteiger charge is 2.47. The van der Waals surface area contributed by atoms with Crippen molar-refractivity contribution in [3.05, 3.63) is 136 Å². The first kappa shape index (κ1) is 24.8. The van der Waals surface area contributed by atoms with E-state index in [0.717, 1.165) is 27.7 Å². The molecule has 4 aromatic rings. The summed E-state index contributed by atoms with van der Waals surface area (Å²) in [6, 6.07) is 35.4. The molecule has 2 heterocycles. The van der Waals surface area contributed by atoms with Crippen molar-refractivity contribution in [3.8, 4) is 0 Å². The number of para-hydroxylation sites is 2. The van der Waals surface area contributed by atoms with Crippen molar-refractivity contribution in [1.82, 2.24) is 0 Å². The van der Waals surface area contributed by atoms with Gasteiger partial charge in [-0.25, -0.2) is 9.52 Å². The van der Waals surface area contributed by atoms with Crippen LogP contribution >= 0.6 is 7.21 Å². The molecule has 0 saturated carbocycles. The normalized spacial score (nSPS) is 21.2. The Balaban J connectivity index is 1.72. The van der Waals surface area contributed by atoms with Gasteiger partial charge in [-0.05, 0) is 35.9 Å². The maximum absolute atomic E-state index is 11.4. The zero-order valence-corrected chi connectivity index (χ0v) is 22.9. The summed E-state index contributed by atoms with van der Waals surface area (Å²) in [5, 5.41) is 18.5. The van der Waals surface area contributed by atoms with Crippen molar-refractivity contribution in [2.24, 2.45) is 9.85 Å². The van der Waals surface area contributed by atoms with E-state index in [1.807, 2.05) is 54.7 Å². The lowest BCUT2D eigenvalue weighted by Gasteiger charge is -2.35. The number of hydrogen-bond acceptors (Lipinski definition) is 5. The van der Waals surface area contributed by atoms with E-state index < -0.39 is 7.21 Å². The number of hydrogen-bond donors (Lipinski definition) is 0. The number of allylic oxidation sites excluding steroid dienone is 2. The molecule has 0 radical (unpaired) electrons. The Hall–Kier alpha value is -4.48. The second-order valence-electron chi connectivity index (χ2n) is 10.1. The second kappa shape index (κ2) is 9.37. The van der Waals surface area contributed by atoms with Crippen molar-refractivity contribution in [2.75, 3.05) is 16.7 Å². The minimum absolute atomic E-state index is 0.0364. The van der Waals surface area contributed by atoms with E-state index in [1.54, 1.807) is 12.1 Å². The number of nitro benzene ring substituents is 1. The van der Waals surface area contributed by atoms with Crippen LogP contribution < -0.4 is 15.0 Å². The predicted octanol–water partition coefficient (Wildman–Crippen LogP) is 7.81. The van der Waals surface area contributed by atoms with Crippen LogP contribution in [0.2, 0.25) is 0 Å². The Kier molecular flexibility index (Phi) is 5.96. The molecule has 0 amide bonds. The number of fused-ring (bicyclic) bond motifs is 1. The number of nitro groups is 1. The molecule has 7 nitrogen and oxygen atoms in total. The first-order valence-electron chi connectivity index (χ1n) is 12.7. The summed E-state index contributed by atoms with van der Waals surface area (Å²) in [6.07, 6.45) is 1.97. The molecule has 0 aromatic heterocycles. The van der Waals surface area contributed by atoms with Crippen LogP contribution in [0.25, 0.3) is 0 Å². The van der Waals surface area contributed by atoms with E-state index in [1.165, 1.54) is 17.7 Å². The Bertz CT molecular complexity index is 1680. The summed E-state index contributed by atoms with van der Waals surface area (Å²) >= 11 is 0. The summed E-state index contributed by atoms with van der Waals surface area (Å²) < 4.78 is 7.58. The molecule has 0 spiro atoms. The molecule has 0 N–H and O–H groups in total. The van der Waals surface area contributed by atoms with E-state index >= 15 is 0 Å². The molecule has 0 bridgehead atoms. The van der Waals surface area contributed by atoms with Gasteiger partial charge in [0.2, 0.25) is 0 Å². The number of anilines is 2. The van der Waals surface area contributed by atoms with E-state index in [4.69, 9.17) is 9.85 Å². The smallest absolute Gasteiger partial charge is 0.269 e. The van der Waals surface area contributed by atoms with Gasteiger partial charge in [0, 0.05) is 41.3 Å². The van der Waals surface area contributed by atoms with Gasteiger partial charge in [-0.1, -0.05) is 80.6 Å². The van der Waals surface area contributed by atoms with Gasteiger partial charge in [0.05, 0.1) is 27.8 Å². The minimum atomic E-state index is -2.79. The lowest BCUT2D eigenvalue weighted by atomic mass is 9.84. The SMILES string of the molecule is CN1/C(=C2\C=NN(c3ccccc3)[P@]2(=Nc2ccc([N+](=O)[O-])cc2)c2ccccc2)C(C)(C)c2ccccc21. The molecular formula is C31H28N5O2P. The quantitative estimate of drug-likeness (QED) is 0.152. The van der Waals surface area contributed by atoms with E-state index in [2.05, 4.69) is 67.0 Å². The monoisotopic (exact) mass is 533 g/mol. The van der Waals surface area contributed by atoms with Crippen molar-refractivity contribution in [3.63, 3.8) is 0 Å². The summed E-state index contributed by atoms with van der Waals surface area (Å²) in [7, 11) is -0.681. The molecule has 8 heteroatoms. The maximum atomic E-state index is 11.4. The number of non-ortho nitro benzene ring substituents is 1. The topological polar surface area (TPSA) is 74.3 Å². The first-order valence-corrected chi connectivity index (χ1v) is 14.4. The Morgan fingerprint density at radius 3 is 2.10 bits per heavy atom. The molecule has 0 saturated heterocycles. The average Bonchev–Trinajstić information content (AvgIpc) is 3.42. The van der Waals surface area contributed by atoms with Crippen LogP contribution in [-0.4, -0.2) is 18.2 Å². The van der Waals surface area contributed by atoms with Crippen LogP contribution in [0.1, 0.15) is 19.4 Å². The Labute approximate surface area is 228 Å². The second-order valence-corrected chi connectivity index (χ2v) is 12.9. The van der Waals surface area contributed by atoms with Crippen LogP contribution in [0.15, 0.2) is 130 Å². The molecule has 1 atom stereocenters. The molecule has 0 unspecified atom stereocenters. The molecule has 194 valence electrons. The van der Waals surface area contributed by atoms with Gasteiger partial charge in [0.1, 0.15) is 7.21 Å². The fourth-order valence-electron chi connectivity index (χ4n) is 5.67. The van der Waals surface area contributed by atoms with Crippen LogP contribution in [-0.2, 0) is 5.41 Å². The van der Waals surface area contributed by atoms with E-state index in [0.29, 0.717) is 5.69 Å². The van der Waals surface area contributed by atoms with Gasteiger partial charge in [0.25, 0.3) is 5.69 Å². The average molecular weight is 534 g/mol. The molecule has 4 aromatic carbocycles. The van der Waals surface area contributed by atoms with Gasteiger partial charge >= 0.3 is 0 Å². The van der Waals surface area contributed by atoms with Crippen LogP contribution in [0.3, 0.4) is 0 Å². The fourth-order valence-corrected chi connectivity index (χ4v) is 9.34. The third kappa shape index (κ3) is 3.89. The highest BCUT2D eigenvalue weighted by molar-refractivity contribution is 7.80. The molecule has 0 fully saturated rings. The summed E-state index contributed by atoms with van der Waals surface area (Å²) in [4.78, 5) is 13.2. The standard InChI is InChI=1S/C31H28N5O2P/c1-31(2)27-16-10-11-17-28(27)34(3)30(31)29-22-32-35(24-12-6-4-7-13-24)39(29,26-14-8-5-9-15-26)33-23-18-20-25(21-19-23)36(37)38/h4-22H,1-3H3/b30-29+/t39-/m1/s1. The zero-order valence-electron chi connectivity index (χ0n) is 22.0. The van der Waals surface area contributed by atoms with Crippen molar-refractivity contribution < 1.29 is 4.92 Å². The fraction of sp³-hybridized carbons (Fsp3) is 0.129. The Morgan fingerprint density at radius 1 is 0.846 bits per heavy atom. The number of rotatable bonds is 4. The largest absolute Gasteiger partial charge is 0.346 e. The lowest BCUT2D eigenvalue weighted by Crippen LogP contribution is -2.27. The maximum Gasteiger partial charge on any atom is 0.269 e. The van der Waals surface area contributed by atoms with Crippen LogP contribution in [0, 0.1) is 10.1 Å². The van der Waals surface area contributed by atoms with Crippen LogP contribution in [0.4, 0.5) is 22.7 Å². The third-order valence-electron chi connectivity index (χ3n) is 7.43. The first-order chi connectivity index (χ1) is 18.8. The highest BCUT2D eigenvalue weighted by atomic mass is 31.2. The number of likely N-dealkylation sites (N-methyl/N-ethyl adjacent to an activating group) is 1. The van der Waals surface area contributed by atoms with Gasteiger partial charge in [-0.2, -0.15) is 5.10 Å². The van der Waals surface area contributed by atoms with Gasteiger partial charge in [-0.3, -0.25) is 10.1 Å². The third-order valence-corrected chi connectivity index (χ3v) is 10.9.